The van der Waals surface area contributed by atoms with Crippen molar-refractivity contribution in [3.05, 3.63) is 65.7 Å². The topological polar surface area (TPSA) is 26.3 Å². The zero-order valence-electron chi connectivity index (χ0n) is 14.4. The Hall–Kier alpha value is -2.65. The van der Waals surface area contributed by atoms with E-state index in [9.17, 15) is 4.79 Å². The van der Waals surface area contributed by atoms with E-state index in [1.807, 2.05) is 18.2 Å². The van der Waals surface area contributed by atoms with Gasteiger partial charge in [-0.05, 0) is 43.2 Å². The zero-order chi connectivity index (χ0) is 17.6. The molecule has 0 saturated carbocycles. The van der Waals surface area contributed by atoms with E-state index in [2.05, 4.69) is 50.2 Å². The smallest absolute Gasteiger partial charge is 0.308 e. The molecule has 25 heavy (non-hydrogen) atoms. The maximum atomic E-state index is 11.9. The summed E-state index contributed by atoms with van der Waals surface area (Å²) in [6.07, 6.45) is 0. The molecule has 0 aliphatic rings. The number of aryl methyl sites for hydroxylation is 2. The van der Waals surface area contributed by atoms with Gasteiger partial charge in [0.15, 0.2) is 0 Å². The van der Waals surface area contributed by atoms with Gasteiger partial charge in [-0.1, -0.05) is 42.0 Å². The van der Waals surface area contributed by atoms with Gasteiger partial charge in [0.05, 0.1) is 0 Å². The molecule has 0 spiro atoms. The van der Waals surface area contributed by atoms with Gasteiger partial charge in [-0.2, -0.15) is 0 Å². The highest BCUT2D eigenvalue weighted by Gasteiger charge is 2.20. The molecule has 0 fully saturated rings. The van der Waals surface area contributed by atoms with Gasteiger partial charge in [0.25, 0.3) is 0 Å². The molecular weight excluding hydrogens is 328 g/mol. The zero-order valence-corrected chi connectivity index (χ0v) is 15.2. The molecule has 124 valence electrons. The Bertz CT molecular complexity index is 1110. The summed E-state index contributed by atoms with van der Waals surface area (Å²) >= 11 is 1.74. The van der Waals surface area contributed by atoms with Crippen molar-refractivity contribution in [1.29, 1.82) is 0 Å². The second-order valence-electron chi connectivity index (χ2n) is 6.33. The van der Waals surface area contributed by atoms with Crippen LogP contribution in [0.3, 0.4) is 0 Å². The molecular formula is C22H18O2S. The van der Waals surface area contributed by atoms with Crippen LogP contribution in [0.25, 0.3) is 31.3 Å². The lowest BCUT2D eigenvalue weighted by molar-refractivity contribution is -0.131. The number of benzene rings is 3. The number of carbonyl (C=O) groups excluding carboxylic acids is 1. The standard InChI is InChI=1S/C22H18O2S/c1-13-9-10-18-17(11-13)21-19(25-18)12-14(2)20(22(21)24-15(3)23)16-7-5-4-6-8-16/h4-12H,1-3H3. The fourth-order valence-corrected chi connectivity index (χ4v) is 4.53. The van der Waals surface area contributed by atoms with Crippen molar-refractivity contribution in [3.8, 4) is 16.9 Å². The first-order valence-electron chi connectivity index (χ1n) is 8.25. The van der Waals surface area contributed by atoms with E-state index >= 15 is 0 Å². The summed E-state index contributed by atoms with van der Waals surface area (Å²) in [6.45, 7) is 5.62. The molecule has 2 nitrogen and oxygen atoms in total. The van der Waals surface area contributed by atoms with Crippen LogP contribution < -0.4 is 4.74 Å². The van der Waals surface area contributed by atoms with Crippen LogP contribution in [0, 0.1) is 13.8 Å². The quantitative estimate of drug-likeness (QED) is 0.316. The lowest BCUT2D eigenvalue weighted by Gasteiger charge is -2.14. The van der Waals surface area contributed by atoms with Crippen LogP contribution in [0.4, 0.5) is 0 Å². The van der Waals surface area contributed by atoms with Crippen LogP contribution in [-0.2, 0) is 4.79 Å². The van der Waals surface area contributed by atoms with Gasteiger partial charge in [-0.15, -0.1) is 11.3 Å². The number of thiophene rings is 1. The minimum atomic E-state index is -0.295. The first kappa shape index (κ1) is 15.9. The summed E-state index contributed by atoms with van der Waals surface area (Å²) in [5.74, 6) is 0.377. The third-order valence-electron chi connectivity index (χ3n) is 4.38. The van der Waals surface area contributed by atoms with Crippen LogP contribution in [0.1, 0.15) is 18.1 Å². The van der Waals surface area contributed by atoms with Crippen molar-refractivity contribution in [3.63, 3.8) is 0 Å². The third kappa shape index (κ3) is 2.71. The highest BCUT2D eigenvalue weighted by Crippen LogP contribution is 2.46. The molecule has 1 aromatic heterocycles. The normalized spacial score (nSPS) is 11.2. The predicted octanol–water partition coefficient (Wildman–Crippen LogP) is 6.26. The summed E-state index contributed by atoms with van der Waals surface area (Å²) in [6, 6.07) is 18.8. The minimum Gasteiger partial charge on any atom is -0.425 e. The van der Waals surface area contributed by atoms with Crippen LogP contribution in [0.5, 0.6) is 5.75 Å². The van der Waals surface area contributed by atoms with Crippen LogP contribution in [-0.4, -0.2) is 5.97 Å². The second-order valence-corrected chi connectivity index (χ2v) is 7.42. The van der Waals surface area contributed by atoms with Gasteiger partial charge < -0.3 is 4.74 Å². The first-order chi connectivity index (χ1) is 12.0. The molecule has 0 bridgehead atoms. The summed E-state index contributed by atoms with van der Waals surface area (Å²) in [7, 11) is 0. The van der Waals surface area contributed by atoms with Crippen molar-refractivity contribution in [2.24, 2.45) is 0 Å². The summed E-state index contributed by atoms with van der Waals surface area (Å²) in [5.41, 5.74) is 4.36. The molecule has 0 amide bonds. The summed E-state index contributed by atoms with van der Waals surface area (Å²) in [4.78, 5) is 11.9. The number of ether oxygens (including phenoxy) is 1. The van der Waals surface area contributed by atoms with Crippen molar-refractivity contribution in [2.45, 2.75) is 20.8 Å². The maximum Gasteiger partial charge on any atom is 0.308 e. The van der Waals surface area contributed by atoms with Crippen molar-refractivity contribution >= 4 is 37.5 Å². The Morgan fingerprint density at radius 2 is 1.72 bits per heavy atom. The average molecular weight is 346 g/mol. The predicted molar refractivity (Wildman–Crippen MR) is 106 cm³/mol. The molecule has 1 heterocycles. The fraction of sp³-hybridized carbons (Fsp3) is 0.136. The number of rotatable bonds is 2. The number of fused-ring (bicyclic) bond motifs is 3. The Labute approximate surface area is 150 Å². The molecule has 3 heteroatoms. The Kier molecular flexibility index (Phi) is 3.81. The molecule has 0 unspecified atom stereocenters. The Morgan fingerprint density at radius 3 is 2.44 bits per heavy atom. The van der Waals surface area contributed by atoms with Crippen LogP contribution in [0.2, 0.25) is 0 Å². The van der Waals surface area contributed by atoms with E-state index in [-0.39, 0.29) is 5.97 Å². The molecule has 4 aromatic rings. The van der Waals surface area contributed by atoms with E-state index in [0.29, 0.717) is 5.75 Å². The molecule has 0 atom stereocenters. The number of hydrogen-bond acceptors (Lipinski definition) is 3. The minimum absolute atomic E-state index is 0.295. The van der Waals surface area contributed by atoms with E-state index in [1.165, 1.54) is 17.2 Å². The Morgan fingerprint density at radius 1 is 0.960 bits per heavy atom. The van der Waals surface area contributed by atoms with Crippen molar-refractivity contribution in [1.82, 2.24) is 0 Å². The number of hydrogen-bond donors (Lipinski definition) is 0. The van der Waals surface area contributed by atoms with E-state index in [0.717, 1.165) is 32.2 Å². The molecule has 0 aliphatic heterocycles. The molecule has 0 radical (unpaired) electrons. The van der Waals surface area contributed by atoms with Crippen LogP contribution in [0.15, 0.2) is 54.6 Å². The molecule has 0 saturated heterocycles. The lowest BCUT2D eigenvalue weighted by Crippen LogP contribution is -2.04. The SMILES string of the molecule is CC(=O)Oc1c(-c2ccccc2)c(C)cc2sc3ccc(C)cc3c12. The van der Waals surface area contributed by atoms with E-state index < -0.39 is 0 Å². The second kappa shape index (κ2) is 6.01. The lowest BCUT2D eigenvalue weighted by atomic mass is 9.96. The van der Waals surface area contributed by atoms with Gasteiger partial charge >= 0.3 is 5.97 Å². The monoisotopic (exact) mass is 346 g/mol. The van der Waals surface area contributed by atoms with Gasteiger partial charge in [0.1, 0.15) is 5.75 Å². The summed E-state index contributed by atoms with van der Waals surface area (Å²) in [5, 5.41) is 2.18. The number of esters is 1. The highest BCUT2D eigenvalue weighted by atomic mass is 32.1. The van der Waals surface area contributed by atoms with Gasteiger partial charge in [-0.25, -0.2) is 0 Å². The van der Waals surface area contributed by atoms with E-state index in [4.69, 9.17) is 4.74 Å². The highest BCUT2D eigenvalue weighted by molar-refractivity contribution is 7.25. The molecule has 0 N–H and O–H groups in total. The molecule has 3 aromatic carbocycles. The van der Waals surface area contributed by atoms with Crippen molar-refractivity contribution < 1.29 is 9.53 Å². The van der Waals surface area contributed by atoms with Gasteiger partial charge in [0.2, 0.25) is 0 Å². The van der Waals surface area contributed by atoms with Gasteiger partial charge in [0, 0.05) is 32.7 Å². The summed E-state index contributed by atoms with van der Waals surface area (Å²) < 4.78 is 8.12. The van der Waals surface area contributed by atoms with E-state index in [1.54, 1.807) is 11.3 Å². The largest absolute Gasteiger partial charge is 0.425 e. The third-order valence-corrected chi connectivity index (χ3v) is 5.49. The maximum absolute atomic E-state index is 11.9. The van der Waals surface area contributed by atoms with Crippen molar-refractivity contribution in [2.75, 3.05) is 0 Å². The Balaban J connectivity index is 2.17. The number of carbonyl (C=O) groups is 1. The van der Waals surface area contributed by atoms with Gasteiger partial charge in [-0.3, -0.25) is 4.79 Å². The van der Waals surface area contributed by atoms with Crippen LogP contribution >= 0.6 is 11.3 Å². The average Bonchev–Trinajstić information content (AvgIpc) is 2.92. The first-order valence-corrected chi connectivity index (χ1v) is 9.06. The molecule has 0 aliphatic carbocycles. The fourth-order valence-electron chi connectivity index (χ4n) is 3.35. The molecule has 4 rings (SSSR count).